The average Bonchev–Trinajstić information content (AvgIpc) is 3.14. The number of hydrogen-bond donors (Lipinski definition) is 0. The van der Waals surface area contributed by atoms with Crippen LogP contribution in [-0.4, -0.2) is 48.1 Å². The van der Waals surface area contributed by atoms with Gasteiger partial charge in [0, 0.05) is 43.6 Å². The first-order valence-corrected chi connectivity index (χ1v) is 14.9. The van der Waals surface area contributed by atoms with Crippen molar-refractivity contribution in [2.45, 2.75) is 32.4 Å². The SMILES string of the molecule is C[Si](C)(C)CCOCn1cc(-c2cn(S(C)(=O)=O)c3cnc(Br)cc23)cn1. The number of rotatable bonds is 7. The Labute approximate surface area is 168 Å². The highest BCUT2D eigenvalue weighted by Gasteiger charge is 2.18. The molecule has 146 valence electrons. The normalized spacial score (nSPS) is 12.8. The van der Waals surface area contributed by atoms with E-state index in [1.54, 1.807) is 23.3 Å². The summed E-state index contributed by atoms with van der Waals surface area (Å²) in [4.78, 5) is 4.16. The maximum Gasteiger partial charge on any atom is 0.236 e. The Morgan fingerprint density at radius 1 is 1.22 bits per heavy atom. The summed E-state index contributed by atoms with van der Waals surface area (Å²) < 4.78 is 33.6. The smallest absolute Gasteiger partial charge is 0.236 e. The lowest BCUT2D eigenvalue weighted by Crippen LogP contribution is -2.22. The highest BCUT2D eigenvalue weighted by molar-refractivity contribution is 9.10. The Morgan fingerprint density at radius 3 is 2.63 bits per heavy atom. The summed E-state index contributed by atoms with van der Waals surface area (Å²) in [6, 6.07) is 2.91. The summed E-state index contributed by atoms with van der Waals surface area (Å²) in [7, 11) is -4.56. The number of aromatic nitrogens is 4. The van der Waals surface area contributed by atoms with Gasteiger partial charge in [0.15, 0.2) is 0 Å². The molecule has 0 N–H and O–H groups in total. The number of halogens is 1. The quantitative estimate of drug-likeness (QED) is 0.298. The van der Waals surface area contributed by atoms with Gasteiger partial charge in [0.05, 0.1) is 24.2 Å². The van der Waals surface area contributed by atoms with Crippen molar-refractivity contribution in [3.8, 4) is 11.1 Å². The van der Waals surface area contributed by atoms with Crippen molar-refractivity contribution in [2.75, 3.05) is 12.9 Å². The number of ether oxygens (including phenoxy) is 1. The van der Waals surface area contributed by atoms with Gasteiger partial charge < -0.3 is 4.74 Å². The fourth-order valence-electron chi connectivity index (χ4n) is 2.68. The second kappa shape index (κ2) is 7.49. The summed E-state index contributed by atoms with van der Waals surface area (Å²) in [5.41, 5.74) is 2.15. The molecule has 0 spiro atoms. The lowest BCUT2D eigenvalue weighted by atomic mass is 10.1. The average molecular weight is 471 g/mol. The van der Waals surface area contributed by atoms with Crippen LogP contribution in [0, 0.1) is 0 Å². The van der Waals surface area contributed by atoms with Gasteiger partial charge in [0.1, 0.15) is 11.3 Å². The van der Waals surface area contributed by atoms with E-state index in [-0.39, 0.29) is 0 Å². The third-order valence-corrected chi connectivity index (χ3v) is 7.30. The van der Waals surface area contributed by atoms with Gasteiger partial charge in [-0.3, -0.25) is 0 Å². The Hall–Kier alpha value is -1.49. The molecule has 0 aliphatic heterocycles. The van der Waals surface area contributed by atoms with Crippen LogP contribution >= 0.6 is 15.9 Å². The van der Waals surface area contributed by atoms with Gasteiger partial charge in [0.2, 0.25) is 10.0 Å². The van der Waals surface area contributed by atoms with Gasteiger partial charge in [0.25, 0.3) is 0 Å². The molecule has 3 aromatic rings. The fraction of sp³-hybridized carbons (Fsp3) is 0.412. The van der Waals surface area contributed by atoms with Gasteiger partial charge >= 0.3 is 0 Å². The second-order valence-electron chi connectivity index (χ2n) is 7.74. The van der Waals surface area contributed by atoms with E-state index in [4.69, 9.17) is 4.74 Å². The molecule has 3 aromatic heterocycles. The second-order valence-corrected chi connectivity index (χ2v) is 16.0. The van der Waals surface area contributed by atoms with E-state index in [0.717, 1.165) is 29.2 Å². The predicted octanol–water partition coefficient (Wildman–Crippen LogP) is 3.78. The number of nitrogens with zero attached hydrogens (tertiary/aromatic N) is 4. The summed E-state index contributed by atoms with van der Waals surface area (Å²) in [5, 5.41) is 5.14. The largest absolute Gasteiger partial charge is 0.360 e. The predicted molar refractivity (Wildman–Crippen MR) is 113 cm³/mol. The monoisotopic (exact) mass is 470 g/mol. The van der Waals surface area contributed by atoms with Gasteiger partial charge in [-0.15, -0.1) is 0 Å². The molecule has 3 rings (SSSR count). The van der Waals surface area contributed by atoms with Crippen LogP contribution in [0.25, 0.3) is 22.0 Å². The zero-order valence-corrected chi connectivity index (χ0v) is 19.2. The van der Waals surface area contributed by atoms with Gasteiger partial charge in [-0.05, 0) is 28.0 Å². The van der Waals surface area contributed by atoms with Crippen LogP contribution in [-0.2, 0) is 21.5 Å². The van der Waals surface area contributed by atoms with Crippen molar-refractivity contribution in [1.29, 1.82) is 0 Å². The maximum atomic E-state index is 12.1. The summed E-state index contributed by atoms with van der Waals surface area (Å²) >= 11 is 3.35. The van der Waals surface area contributed by atoms with E-state index < -0.39 is 18.1 Å². The number of hydrogen-bond acceptors (Lipinski definition) is 5. The first-order chi connectivity index (χ1) is 12.5. The lowest BCUT2D eigenvalue weighted by molar-refractivity contribution is 0.0786. The van der Waals surface area contributed by atoms with E-state index in [9.17, 15) is 8.42 Å². The topological polar surface area (TPSA) is 79.0 Å². The number of pyridine rings is 1. The van der Waals surface area contributed by atoms with Crippen LogP contribution in [0.4, 0.5) is 0 Å². The van der Waals surface area contributed by atoms with E-state index in [1.165, 1.54) is 10.2 Å². The molecule has 7 nitrogen and oxygen atoms in total. The molecule has 0 saturated heterocycles. The molecular formula is C17H23BrN4O3SSi. The fourth-order valence-corrected chi connectivity index (χ4v) is 4.57. The van der Waals surface area contributed by atoms with Crippen molar-refractivity contribution in [2.24, 2.45) is 0 Å². The molecule has 10 heteroatoms. The van der Waals surface area contributed by atoms with Crippen molar-refractivity contribution < 1.29 is 13.2 Å². The van der Waals surface area contributed by atoms with Crippen LogP contribution < -0.4 is 0 Å². The minimum atomic E-state index is -3.44. The highest BCUT2D eigenvalue weighted by Crippen LogP contribution is 2.32. The highest BCUT2D eigenvalue weighted by atomic mass is 79.9. The molecule has 0 unspecified atom stereocenters. The molecular weight excluding hydrogens is 448 g/mol. The summed E-state index contributed by atoms with van der Waals surface area (Å²) in [5.74, 6) is 0. The first-order valence-electron chi connectivity index (χ1n) is 8.52. The minimum absolute atomic E-state index is 0.375. The molecule has 0 aliphatic carbocycles. The molecule has 3 heterocycles. The van der Waals surface area contributed by atoms with E-state index >= 15 is 0 Å². The number of fused-ring (bicyclic) bond motifs is 1. The van der Waals surface area contributed by atoms with Crippen molar-refractivity contribution in [1.82, 2.24) is 18.7 Å². The van der Waals surface area contributed by atoms with E-state index in [2.05, 4.69) is 45.7 Å². The molecule has 0 radical (unpaired) electrons. The van der Waals surface area contributed by atoms with Gasteiger partial charge in [-0.2, -0.15) is 5.10 Å². The Morgan fingerprint density at radius 2 is 1.96 bits per heavy atom. The molecule has 0 aromatic carbocycles. The Kier molecular flexibility index (Phi) is 5.62. The molecule has 27 heavy (non-hydrogen) atoms. The van der Waals surface area contributed by atoms with Crippen molar-refractivity contribution in [3.63, 3.8) is 0 Å². The van der Waals surface area contributed by atoms with Crippen molar-refractivity contribution in [3.05, 3.63) is 35.5 Å². The Balaban J connectivity index is 1.88. The van der Waals surface area contributed by atoms with Crippen LogP contribution in [0.2, 0.25) is 25.7 Å². The molecule has 0 saturated carbocycles. The molecule has 0 amide bonds. The van der Waals surface area contributed by atoms with Crippen LogP contribution in [0.3, 0.4) is 0 Å². The molecule has 0 bridgehead atoms. The summed E-state index contributed by atoms with van der Waals surface area (Å²) in [6.07, 6.45) is 7.92. The molecule has 0 fully saturated rings. The zero-order valence-electron chi connectivity index (χ0n) is 15.8. The first kappa shape index (κ1) is 20.2. The van der Waals surface area contributed by atoms with Gasteiger partial charge in [-0.25, -0.2) is 22.1 Å². The van der Waals surface area contributed by atoms with Crippen molar-refractivity contribution >= 4 is 44.9 Å². The minimum Gasteiger partial charge on any atom is -0.360 e. The maximum absolute atomic E-state index is 12.1. The van der Waals surface area contributed by atoms with Crippen LogP contribution in [0.1, 0.15) is 0 Å². The van der Waals surface area contributed by atoms with Gasteiger partial charge in [-0.1, -0.05) is 19.6 Å². The van der Waals surface area contributed by atoms with Crippen LogP contribution in [0.15, 0.2) is 35.5 Å². The third kappa shape index (κ3) is 4.87. The summed E-state index contributed by atoms with van der Waals surface area (Å²) in [6.45, 7) is 8.03. The Bertz CT molecular complexity index is 1070. The van der Waals surface area contributed by atoms with E-state index in [1.807, 2.05) is 12.3 Å². The van der Waals surface area contributed by atoms with Crippen LogP contribution in [0.5, 0.6) is 0 Å². The molecule has 0 aliphatic rings. The molecule has 0 atom stereocenters. The van der Waals surface area contributed by atoms with E-state index in [0.29, 0.717) is 16.9 Å². The zero-order chi connectivity index (χ0) is 19.8. The standard InChI is InChI=1S/C17H23BrN4O3SSi/c1-26(23,24)22-11-15(14-7-17(18)19-9-16(14)22)13-8-20-21(10-13)12-25-5-6-27(2,3)4/h7-11H,5-6,12H2,1-4H3. The third-order valence-electron chi connectivity index (χ3n) is 4.15. The lowest BCUT2D eigenvalue weighted by Gasteiger charge is -2.15.